The summed E-state index contributed by atoms with van der Waals surface area (Å²) in [6.45, 7) is 2.29. The summed E-state index contributed by atoms with van der Waals surface area (Å²) in [7, 11) is 3.18. The Labute approximate surface area is 125 Å². The molecule has 5 nitrogen and oxygen atoms in total. The molecule has 0 heterocycles. The summed E-state index contributed by atoms with van der Waals surface area (Å²) in [5.74, 6) is 0.884. The number of carbonyl (C=O) groups excluding carboxylic acids is 2. The van der Waals surface area contributed by atoms with Crippen molar-refractivity contribution in [3.63, 3.8) is 0 Å². The van der Waals surface area contributed by atoms with Crippen molar-refractivity contribution in [2.75, 3.05) is 24.7 Å². The van der Waals surface area contributed by atoms with Gasteiger partial charge in [-0.05, 0) is 12.1 Å². The van der Waals surface area contributed by atoms with Gasteiger partial charge in [-0.25, -0.2) is 0 Å². The Morgan fingerprint density at radius 2 is 1.95 bits per heavy atom. The number of nitrogens with one attached hydrogen (secondary N) is 1. The topological polar surface area (TPSA) is 75.6 Å². The highest BCUT2D eigenvalue weighted by atomic mass is 33.1. The van der Waals surface area contributed by atoms with Gasteiger partial charge in [0, 0.05) is 25.0 Å². The predicted molar refractivity (Wildman–Crippen MR) is 82.0 cm³/mol. The fourth-order valence-corrected chi connectivity index (χ4v) is 3.04. The molecule has 0 saturated carbocycles. The van der Waals surface area contributed by atoms with Gasteiger partial charge < -0.3 is 15.2 Å². The van der Waals surface area contributed by atoms with Crippen molar-refractivity contribution < 1.29 is 19.4 Å². The van der Waals surface area contributed by atoms with Crippen LogP contribution in [0.25, 0.3) is 0 Å². The van der Waals surface area contributed by atoms with Crippen LogP contribution in [0.5, 0.6) is 5.75 Å². The first-order valence-corrected chi connectivity index (χ1v) is 8.54. The van der Waals surface area contributed by atoms with Crippen LogP contribution in [0.2, 0.25) is 0 Å². The number of hydrogen-bond donors (Lipinski definition) is 2. The lowest BCUT2D eigenvalue weighted by Crippen LogP contribution is -2.25. The molecule has 0 aliphatic heterocycles. The van der Waals surface area contributed by atoms with Crippen molar-refractivity contribution in [3.05, 3.63) is 29.8 Å². The summed E-state index contributed by atoms with van der Waals surface area (Å²) < 4.78 is 4.79. The van der Waals surface area contributed by atoms with Crippen molar-refractivity contribution in [2.24, 2.45) is 0 Å². The number of rotatable bonds is 8. The first-order chi connectivity index (χ1) is 9.61. The normalized spacial score (nSPS) is 10.1. The van der Waals surface area contributed by atoms with Crippen LogP contribution >= 0.6 is 21.6 Å². The van der Waals surface area contributed by atoms with Gasteiger partial charge in [0.15, 0.2) is 0 Å². The third-order valence-corrected chi connectivity index (χ3v) is 4.55. The van der Waals surface area contributed by atoms with Crippen LogP contribution in [0.3, 0.4) is 0 Å². The van der Waals surface area contributed by atoms with Crippen LogP contribution in [0.4, 0.5) is 0 Å². The number of benzene rings is 1. The van der Waals surface area contributed by atoms with E-state index in [1.165, 1.54) is 13.0 Å². The van der Waals surface area contributed by atoms with Gasteiger partial charge in [-0.15, -0.1) is 0 Å². The van der Waals surface area contributed by atoms with E-state index in [4.69, 9.17) is 4.74 Å². The maximum Gasteiger partial charge on any atom is 0.302 e. The molecule has 0 radical (unpaired) electrons. The highest BCUT2D eigenvalue weighted by Gasteiger charge is 2.08. The van der Waals surface area contributed by atoms with Gasteiger partial charge in [0.1, 0.15) is 12.4 Å². The Kier molecular flexibility index (Phi) is 7.98. The summed E-state index contributed by atoms with van der Waals surface area (Å²) >= 11 is 0. The number of amides is 1. The number of esters is 1. The zero-order valence-electron chi connectivity index (χ0n) is 11.1. The number of aromatic hydroxyl groups is 1. The standard InChI is InChI=1S/C13H17NO4S2/c1-10(15)18-7-9-20-19-8-6-14-13(17)11-4-2-3-5-12(11)16/h2-5,16H,6-9H2,1H3,(H,14,17). The predicted octanol–water partition coefficient (Wildman–Crippen LogP) is 2.07. The average molecular weight is 315 g/mol. The third kappa shape index (κ3) is 6.72. The molecular formula is C13H17NO4S2. The van der Waals surface area contributed by atoms with E-state index in [1.807, 2.05) is 0 Å². The Hall–Kier alpha value is -1.34. The molecule has 1 amide bonds. The smallest absolute Gasteiger partial charge is 0.302 e. The lowest BCUT2D eigenvalue weighted by molar-refractivity contribution is -0.140. The lowest BCUT2D eigenvalue weighted by Gasteiger charge is -2.06. The van der Waals surface area contributed by atoms with Gasteiger partial charge in [0.05, 0.1) is 5.56 Å². The molecule has 0 aliphatic rings. The fraction of sp³-hybridized carbons (Fsp3) is 0.385. The highest BCUT2D eigenvalue weighted by molar-refractivity contribution is 8.76. The second-order valence-electron chi connectivity index (χ2n) is 3.76. The molecular weight excluding hydrogens is 298 g/mol. The van der Waals surface area contributed by atoms with Gasteiger partial charge in [-0.3, -0.25) is 9.59 Å². The van der Waals surface area contributed by atoms with Crippen LogP contribution in [-0.4, -0.2) is 41.6 Å². The van der Waals surface area contributed by atoms with Gasteiger partial charge in [-0.1, -0.05) is 33.7 Å². The van der Waals surface area contributed by atoms with Crippen molar-refractivity contribution in [3.8, 4) is 5.75 Å². The number of hydrogen-bond acceptors (Lipinski definition) is 6. The number of carbonyl (C=O) groups is 2. The van der Waals surface area contributed by atoms with E-state index in [0.29, 0.717) is 13.2 Å². The van der Waals surface area contributed by atoms with Gasteiger partial charge in [0.2, 0.25) is 0 Å². The molecule has 0 aliphatic carbocycles. The monoisotopic (exact) mass is 315 g/mol. The SMILES string of the molecule is CC(=O)OCCSSCCNC(=O)c1ccccc1O. The molecule has 20 heavy (non-hydrogen) atoms. The summed E-state index contributed by atoms with van der Waals surface area (Å²) in [6, 6.07) is 6.43. The summed E-state index contributed by atoms with van der Waals surface area (Å²) in [5.41, 5.74) is 0.278. The minimum absolute atomic E-state index is 0.0200. The third-order valence-electron chi connectivity index (χ3n) is 2.17. The second kappa shape index (κ2) is 9.55. The minimum Gasteiger partial charge on any atom is -0.507 e. The Balaban J connectivity index is 2.08. The molecule has 110 valence electrons. The zero-order chi connectivity index (χ0) is 14.8. The quantitative estimate of drug-likeness (QED) is 0.434. The Morgan fingerprint density at radius 3 is 2.65 bits per heavy atom. The molecule has 0 aromatic heterocycles. The molecule has 1 rings (SSSR count). The summed E-state index contributed by atoms with van der Waals surface area (Å²) in [5, 5.41) is 12.2. The molecule has 0 spiro atoms. The molecule has 1 aromatic rings. The average Bonchev–Trinajstić information content (AvgIpc) is 2.41. The maximum absolute atomic E-state index is 11.7. The van der Waals surface area contributed by atoms with Gasteiger partial charge in [0.25, 0.3) is 5.91 Å². The van der Waals surface area contributed by atoms with Crippen LogP contribution in [-0.2, 0) is 9.53 Å². The number of para-hydroxylation sites is 1. The largest absolute Gasteiger partial charge is 0.507 e. The Morgan fingerprint density at radius 1 is 1.25 bits per heavy atom. The second-order valence-corrected chi connectivity index (χ2v) is 6.46. The van der Waals surface area contributed by atoms with Crippen molar-refractivity contribution in [2.45, 2.75) is 6.92 Å². The molecule has 0 atom stereocenters. The lowest BCUT2D eigenvalue weighted by atomic mass is 10.2. The van der Waals surface area contributed by atoms with E-state index in [1.54, 1.807) is 39.8 Å². The molecule has 0 unspecified atom stereocenters. The first-order valence-electron chi connectivity index (χ1n) is 6.05. The number of phenols is 1. The van der Waals surface area contributed by atoms with E-state index in [2.05, 4.69) is 5.32 Å². The van der Waals surface area contributed by atoms with E-state index in [9.17, 15) is 14.7 Å². The van der Waals surface area contributed by atoms with E-state index < -0.39 is 0 Å². The summed E-state index contributed by atoms with van der Waals surface area (Å²) in [6.07, 6.45) is 0. The van der Waals surface area contributed by atoms with E-state index >= 15 is 0 Å². The van der Waals surface area contributed by atoms with Crippen LogP contribution < -0.4 is 5.32 Å². The van der Waals surface area contributed by atoms with E-state index in [0.717, 1.165) is 11.5 Å². The van der Waals surface area contributed by atoms with E-state index in [-0.39, 0.29) is 23.2 Å². The molecule has 1 aromatic carbocycles. The number of phenolic OH excluding ortho intramolecular Hbond substituents is 1. The van der Waals surface area contributed by atoms with Gasteiger partial charge >= 0.3 is 5.97 Å². The van der Waals surface area contributed by atoms with Crippen LogP contribution in [0.1, 0.15) is 17.3 Å². The number of ether oxygens (including phenoxy) is 1. The fourth-order valence-electron chi connectivity index (χ4n) is 1.30. The van der Waals surface area contributed by atoms with Crippen LogP contribution in [0.15, 0.2) is 24.3 Å². The zero-order valence-corrected chi connectivity index (χ0v) is 12.8. The molecule has 0 fully saturated rings. The maximum atomic E-state index is 11.7. The van der Waals surface area contributed by atoms with Gasteiger partial charge in [-0.2, -0.15) is 0 Å². The highest BCUT2D eigenvalue weighted by Crippen LogP contribution is 2.20. The van der Waals surface area contributed by atoms with Crippen molar-refractivity contribution in [1.82, 2.24) is 5.32 Å². The van der Waals surface area contributed by atoms with Crippen molar-refractivity contribution >= 4 is 33.5 Å². The minimum atomic E-state index is -0.284. The molecule has 0 bridgehead atoms. The molecule has 7 heteroatoms. The first kappa shape index (κ1) is 16.7. The Bertz CT molecular complexity index is 454. The van der Waals surface area contributed by atoms with Crippen LogP contribution in [0, 0.1) is 0 Å². The molecule has 2 N–H and O–H groups in total. The molecule has 0 saturated heterocycles. The summed E-state index contributed by atoms with van der Waals surface area (Å²) in [4.78, 5) is 22.2. The van der Waals surface area contributed by atoms with Crippen molar-refractivity contribution in [1.29, 1.82) is 0 Å².